The van der Waals surface area contributed by atoms with Crippen molar-refractivity contribution in [3.63, 3.8) is 0 Å². The normalized spacial score (nSPS) is 14.0. The maximum atomic E-state index is 9.09. The van der Waals surface area contributed by atoms with Crippen LogP contribution in [-0.4, -0.2) is 5.11 Å². The van der Waals surface area contributed by atoms with Crippen LogP contribution in [0.4, 0.5) is 0 Å². The highest BCUT2D eigenvalue weighted by Gasteiger charge is 2.12. The van der Waals surface area contributed by atoms with Crippen molar-refractivity contribution in [3.8, 4) is 0 Å². The van der Waals surface area contributed by atoms with Gasteiger partial charge in [0.2, 0.25) is 0 Å². The van der Waals surface area contributed by atoms with Gasteiger partial charge in [0.1, 0.15) is 0 Å². The minimum absolute atomic E-state index is 0.119. The molecule has 0 saturated heterocycles. The summed E-state index contributed by atoms with van der Waals surface area (Å²) < 4.78 is 0. The number of hydrogen-bond acceptors (Lipinski definition) is 1. The van der Waals surface area contributed by atoms with Gasteiger partial charge in [0.05, 0.1) is 6.61 Å². The fraction of sp³-hybridized carbons (Fsp3) is 0.368. The molecule has 0 fully saturated rings. The van der Waals surface area contributed by atoms with Crippen LogP contribution in [-0.2, 0) is 6.61 Å². The maximum absolute atomic E-state index is 9.09. The third-order valence-electron chi connectivity index (χ3n) is 4.05. The van der Waals surface area contributed by atoms with Gasteiger partial charge < -0.3 is 5.11 Å². The molecular formula is C19H24O. The molecule has 20 heavy (non-hydrogen) atoms. The molecule has 106 valence electrons. The summed E-state index contributed by atoms with van der Waals surface area (Å²) in [5, 5.41) is 9.09. The van der Waals surface area contributed by atoms with E-state index >= 15 is 0 Å². The first-order chi connectivity index (χ1) is 9.60. The van der Waals surface area contributed by atoms with Crippen LogP contribution in [0.25, 0.3) is 0 Å². The first kappa shape index (κ1) is 14.8. The van der Waals surface area contributed by atoms with Crippen LogP contribution in [0, 0.1) is 6.92 Å². The number of aliphatic hydroxyl groups is 1. The Morgan fingerprint density at radius 3 is 2.15 bits per heavy atom. The van der Waals surface area contributed by atoms with Crippen molar-refractivity contribution in [2.24, 2.45) is 0 Å². The second-order valence-corrected chi connectivity index (χ2v) is 5.85. The third-order valence-corrected chi connectivity index (χ3v) is 4.05. The molecule has 0 amide bonds. The predicted octanol–water partition coefficient (Wildman–Crippen LogP) is 4.78. The van der Waals surface area contributed by atoms with Gasteiger partial charge in [0, 0.05) is 0 Å². The summed E-state index contributed by atoms with van der Waals surface area (Å²) in [6.07, 6.45) is 1.14. The molecule has 1 nitrogen and oxygen atoms in total. The van der Waals surface area contributed by atoms with Crippen LogP contribution in [0.1, 0.15) is 54.4 Å². The Balaban J connectivity index is 2.04. The largest absolute Gasteiger partial charge is 0.392 e. The van der Waals surface area contributed by atoms with Crippen LogP contribution in [0.3, 0.4) is 0 Å². The van der Waals surface area contributed by atoms with Crippen molar-refractivity contribution in [3.05, 3.63) is 70.8 Å². The molecule has 0 aliphatic carbocycles. The maximum Gasteiger partial charge on any atom is 0.0681 e. The van der Waals surface area contributed by atoms with E-state index in [9.17, 15) is 0 Å². The van der Waals surface area contributed by atoms with Crippen molar-refractivity contribution < 1.29 is 5.11 Å². The summed E-state index contributed by atoms with van der Waals surface area (Å²) >= 11 is 0. The molecule has 0 radical (unpaired) electrons. The first-order valence-electron chi connectivity index (χ1n) is 7.36. The Labute approximate surface area is 122 Å². The van der Waals surface area contributed by atoms with Gasteiger partial charge >= 0.3 is 0 Å². The third kappa shape index (κ3) is 3.71. The number of rotatable bonds is 5. The van der Waals surface area contributed by atoms with Gasteiger partial charge in [-0.25, -0.2) is 0 Å². The number of hydrogen-bond donors (Lipinski definition) is 1. The SMILES string of the molecule is Cc1cccc(C(C)CC(C)c2ccc(CO)cc2)c1. The molecule has 1 heteroatoms. The second kappa shape index (κ2) is 6.71. The average molecular weight is 268 g/mol. The summed E-state index contributed by atoms with van der Waals surface area (Å²) in [6.45, 7) is 6.84. The van der Waals surface area contributed by atoms with Gasteiger partial charge in [0.15, 0.2) is 0 Å². The minimum atomic E-state index is 0.119. The molecule has 0 bridgehead atoms. The van der Waals surface area contributed by atoms with E-state index in [1.54, 1.807) is 0 Å². The lowest BCUT2D eigenvalue weighted by molar-refractivity contribution is 0.282. The Bertz CT molecular complexity index is 542. The van der Waals surface area contributed by atoms with Gasteiger partial charge in [-0.15, -0.1) is 0 Å². The monoisotopic (exact) mass is 268 g/mol. The quantitative estimate of drug-likeness (QED) is 0.827. The molecule has 0 saturated carbocycles. The minimum Gasteiger partial charge on any atom is -0.392 e. The zero-order valence-corrected chi connectivity index (χ0v) is 12.6. The van der Waals surface area contributed by atoms with Gasteiger partial charge in [-0.1, -0.05) is 67.9 Å². The van der Waals surface area contributed by atoms with Crippen molar-refractivity contribution in [1.29, 1.82) is 0 Å². The standard InChI is InChI=1S/C19H24O/c1-14-5-4-6-19(11-14)16(3)12-15(2)18-9-7-17(13-20)8-10-18/h4-11,15-16,20H,12-13H2,1-3H3. The van der Waals surface area contributed by atoms with E-state index in [1.165, 1.54) is 16.7 Å². The Hall–Kier alpha value is -1.60. The van der Waals surface area contributed by atoms with Crippen molar-refractivity contribution in [1.82, 2.24) is 0 Å². The molecule has 0 aromatic heterocycles. The fourth-order valence-electron chi connectivity index (χ4n) is 2.73. The van der Waals surface area contributed by atoms with Crippen LogP contribution in [0.5, 0.6) is 0 Å². The summed E-state index contributed by atoms with van der Waals surface area (Å²) in [4.78, 5) is 0. The lowest BCUT2D eigenvalue weighted by atomic mass is 9.86. The molecule has 0 heterocycles. The van der Waals surface area contributed by atoms with Gasteiger partial charge in [-0.2, -0.15) is 0 Å². The molecule has 2 unspecified atom stereocenters. The van der Waals surface area contributed by atoms with Crippen molar-refractivity contribution >= 4 is 0 Å². The summed E-state index contributed by atoms with van der Waals surface area (Å²) in [5.41, 5.74) is 5.08. The second-order valence-electron chi connectivity index (χ2n) is 5.85. The van der Waals surface area contributed by atoms with Gasteiger partial charge in [-0.3, -0.25) is 0 Å². The smallest absolute Gasteiger partial charge is 0.0681 e. The molecule has 2 rings (SSSR count). The van der Waals surface area contributed by atoms with Gasteiger partial charge in [0.25, 0.3) is 0 Å². The van der Waals surface area contributed by atoms with E-state index in [-0.39, 0.29) is 6.61 Å². The predicted molar refractivity (Wildman–Crippen MR) is 85.0 cm³/mol. The lowest BCUT2D eigenvalue weighted by Crippen LogP contribution is -2.01. The molecule has 0 aliphatic heterocycles. The number of benzene rings is 2. The van der Waals surface area contributed by atoms with Gasteiger partial charge in [-0.05, 0) is 41.9 Å². The molecule has 2 aromatic rings. The lowest BCUT2D eigenvalue weighted by Gasteiger charge is -2.18. The van der Waals surface area contributed by atoms with Crippen LogP contribution in [0.15, 0.2) is 48.5 Å². The van der Waals surface area contributed by atoms with E-state index in [2.05, 4.69) is 57.2 Å². The summed E-state index contributed by atoms with van der Waals surface area (Å²) in [5.74, 6) is 1.08. The van der Waals surface area contributed by atoms with Crippen LogP contribution >= 0.6 is 0 Å². The topological polar surface area (TPSA) is 20.2 Å². The highest BCUT2D eigenvalue weighted by atomic mass is 16.3. The molecule has 2 aromatic carbocycles. The zero-order chi connectivity index (χ0) is 14.5. The molecule has 0 spiro atoms. The highest BCUT2D eigenvalue weighted by molar-refractivity contribution is 5.28. The van der Waals surface area contributed by atoms with E-state index < -0.39 is 0 Å². The van der Waals surface area contributed by atoms with Crippen molar-refractivity contribution in [2.75, 3.05) is 0 Å². The first-order valence-corrected chi connectivity index (χ1v) is 7.36. The van der Waals surface area contributed by atoms with Crippen molar-refractivity contribution in [2.45, 2.75) is 45.6 Å². The van der Waals surface area contributed by atoms with E-state index in [1.807, 2.05) is 12.1 Å². The summed E-state index contributed by atoms with van der Waals surface area (Å²) in [6, 6.07) is 17.1. The van der Waals surface area contributed by atoms with Crippen LogP contribution < -0.4 is 0 Å². The number of aliphatic hydroxyl groups excluding tert-OH is 1. The highest BCUT2D eigenvalue weighted by Crippen LogP contribution is 2.29. The Kier molecular flexibility index (Phi) is 4.97. The molecule has 0 aliphatic rings. The Morgan fingerprint density at radius 1 is 0.900 bits per heavy atom. The van der Waals surface area contributed by atoms with E-state index in [0.717, 1.165) is 12.0 Å². The fourth-order valence-corrected chi connectivity index (χ4v) is 2.73. The molecule has 1 N–H and O–H groups in total. The average Bonchev–Trinajstić information content (AvgIpc) is 2.47. The van der Waals surface area contributed by atoms with E-state index in [0.29, 0.717) is 11.8 Å². The zero-order valence-electron chi connectivity index (χ0n) is 12.6. The molecule has 2 atom stereocenters. The van der Waals surface area contributed by atoms with Crippen LogP contribution in [0.2, 0.25) is 0 Å². The summed E-state index contributed by atoms with van der Waals surface area (Å²) in [7, 11) is 0. The van der Waals surface area contributed by atoms with E-state index in [4.69, 9.17) is 5.11 Å². The Morgan fingerprint density at radius 2 is 1.55 bits per heavy atom. The molecular weight excluding hydrogens is 244 g/mol. The number of aryl methyl sites for hydroxylation is 1.